The van der Waals surface area contributed by atoms with Crippen molar-refractivity contribution >= 4 is 12.0 Å². The third kappa shape index (κ3) is 4.33. The lowest BCUT2D eigenvalue weighted by Crippen LogP contribution is -2.74. The molecule has 2 bridgehead atoms. The number of amides is 1. The predicted octanol–water partition coefficient (Wildman–Crippen LogP) is 4.92. The second-order valence-electron chi connectivity index (χ2n) is 10.9. The molecule has 1 heterocycles. The van der Waals surface area contributed by atoms with Gasteiger partial charge in [0.15, 0.2) is 0 Å². The lowest BCUT2D eigenvalue weighted by Gasteiger charge is -2.65. The summed E-state index contributed by atoms with van der Waals surface area (Å²) in [5, 5.41) is 22.7. The predicted molar refractivity (Wildman–Crippen MR) is 140 cm³/mol. The summed E-state index contributed by atoms with van der Waals surface area (Å²) in [6, 6.07) is 10.0. The molecule has 5 rings (SSSR count). The van der Waals surface area contributed by atoms with Crippen LogP contribution in [0.5, 0.6) is 5.75 Å². The Morgan fingerprint density at radius 2 is 2.03 bits per heavy atom. The van der Waals surface area contributed by atoms with Crippen LogP contribution in [-0.2, 0) is 22.8 Å². The molecule has 1 saturated heterocycles. The molecule has 38 heavy (non-hydrogen) atoms. The minimum absolute atomic E-state index is 0.0888. The first-order chi connectivity index (χ1) is 18.0. The maximum absolute atomic E-state index is 13.1. The van der Waals surface area contributed by atoms with Crippen molar-refractivity contribution < 1.29 is 28.2 Å². The van der Waals surface area contributed by atoms with Crippen LogP contribution in [0.2, 0.25) is 0 Å². The number of phenols is 1. The smallest absolute Gasteiger partial charge is 0.416 e. The fraction of sp³-hybridized carbons (Fsp3) is 0.433. The molecular weight excluding hydrogens is 493 g/mol. The molecule has 2 N–H and O–H groups in total. The van der Waals surface area contributed by atoms with Gasteiger partial charge in [-0.05, 0) is 85.7 Å². The van der Waals surface area contributed by atoms with Crippen molar-refractivity contribution in [2.45, 2.75) is 61.4 Å². The van der Waals surface area contributed by atoms with Crippen molar-refractivity contribution in [3.05, 3.63) is 83.4 Å². The van der Waals surface area contributed by atoms with Crippen LogP contribution in [0.25, 0.3) is 6.08 Å². The summed E-state index contributed by atoms with van der Waals surface area (Å²) >= 11 is 0. The molecule has 1 unspecified atom stereocenters. The molecule has 1 aliphatic heterocycles. The van der Waals surface area contributed by atoms with Gasteiger partial charge in [0.05, 0.1) is 11.2 Å². The Kier molecular flexibility index (Phi) is 6.68. The Morgan fingerprint density at radius 3 is 2.76 bits per heavy atom. The fourth-order valence-corrected chi connectivity index (χ4v) is 7.07. The van der Waals surface area contributed by atoms with Gasteiger partial charge in [-0.2, -0.15) is 13.2 Å². The average Bonchev–Trinajstić information content (AvgIpc) is 2.88. The highest BCUT2D eigenvalue weighted by Gasteiger charge is 2.64. The van der Waals surface area contributed by atoms with Gasteiger partial charge in [-0.3, -0.25) is 9.69 Å². The average molecular weight is 527 g/mol. The van der Waals surface area contributed by atoms with Crippen molar-refractivity contribution in [2.24, 2.45) is 0 Å². The van der Waals surface area contributed by atoms with E-state index >= 15 is 0 Å². The van der Waals surface area contributed by atoms with E-state index in [0.29, 0.717) is 44.2 Å². The zero-order valence-electron chi connectivity index (χ0n) is 21.4. The summed E-state index contributed by atoms with van der Waals surface area (Å²) in [5.74, 6) is -0.148. The van der Waals surface area contributed by atoms with Crippen molar-refractivity contribution in [3.63, 3.8) is 0 Å². The number of fused-ring (bicyclic) bond motifs is 1. The summed E-state index contributed by atoms with van der Waals surface area (Å²) in [6.45, 7) is 5.34. The summed E-state index contributed by atoms with van der Waals surface area (Å²) in [5.41, 5.74) is -0.0347. The normalized spacial score (nSPS) is 29.0. The van der Waals surface area contributed by atoms with E-state index in [1.54, 1.807) is 24.1 Å². The van der Waals surface area contributed by atoms with E-state index in [2.05, 4.69) is 11.5 Å². The second kappa shape index (κ2) is 9.58. The van der Waals surface area contributed by atoms with Gasteiger partial charge < -0.3 is 15.1 Å². The molecule has 8 heteroatoms. The second-order valence-corrected chi connectivity index (χ2v) is 10.9. The minimum Gasteiger partial charge on any atom is -0.508 e. The first-order valence-electron chi connectivity index (χ1n) is 13.0. The molecule has 2 aromatic rings. The van der Waals surface area contributed by atoms with Gasteiger partial charge in [-0.25, -0.2) is 0 Å². The number of nitrogens with zero attached hydrogens (tertiary/aromatic N) is 2. The number of carbonyl (C=O) groups excluding carboxylic acids is 1. The molecule has 0 spiro atoms. The molecule has 5 nitrogen and oxygen atoms in total. The molecule has 1 saturated carbocycles. The van der Waals surface area contributed by atoms with E-state index in [0.717, 1.165) is 29.8 Å². The van der Waals surface area contributed by atoms with E-state index < -0.39 is 22.8 Å². The number of aliphatic hydroxyl groups is 1. The maximum atomic E-state index is 13.1. The number of likely N-dealkylation sites (N-methyl/N-ethyl adjacent to an activating group) is 1. The zero-order valence-corrected chi connectivity index (χ0v) is 21.4. The van der Waals surface area contributed by atoms with Crippen molar-refractivity contribution in [1.82, 2.24) is 9.80 Å². The van der Waals surface area contributed by atoms with Gasteiger partial charge in [0.2, 0.25) is 5.91 Å². The minimum atomic E-state index is -4.45. The Labute approximate surface area is 220 Å². The maximum Gasteiger partial charge on any atom is 0.416 e. The lowest BCUT2D eigenvalue weighted by atomic mass is 9.48. The van der Waals surface area contributed by atoms with Crippen LogP contribution in [0.15, 0.2) is 61.2 Å². The number of hydrogen-bond acceptors (Lipinski definition) is 4. The Balaban J connectivity index is 1.42. The SMILES string of the molecule is C=CCN1CC[C@]23CC(N(C)C(=O)/C=C/c4cccc(C(F)(F)F)c4)CC[C@@]2(O)[C@H]1Cc1ccc(O)cc13. The fourth-order valence-electron chi connectivity index (χ4n) is 7.07. The molecule has 4 atom stereocenters. The van der Waals surface area contributed by atoms with Gasteiger partial charge in [-0.15, -0.1) is 6.58 Å². The molecule has 3 aliphatic rings. The Morgan fingerprint density at radius 1 is 1.24 bits per heavy atom. The van der Waals surface area contributed by atoms with E-state index in [4.69, 9.17) is 0 Å². The molecule has 2 aromatic carbocycles. The number of piperidine rings is 1. The number of hydrogen-bond donors (Lipinski definition) is 2. The third-order valence-electron chi connectivity index (χ3n) is 9.00. The Bertz CT molecular complexity index is 1280. The van der Waals surface area contributed by atoms with Gasteiger partial charge in [-0.1, -0.05) is 24.3 Å². The molecule has 2 fully saturated rings. The number of benzene rings is 2. The summed E-state index contributed by atoms with van der Waals surface area (Å²) in [7, 11) is 1.71. The topological polar surface area (TPSA) is 64.0 Å². The van der Waals surface area contributed by atoms with Crippen molar-refractivity contribution in [1.29, 1.82) is 0 Å². The monoisotopic (exact) mass is 526 g/mol. The van der Waals surface area contributed by atoms with Crippen LogP contribution < -0.4 is 0 Å². The van der Waals surface area contributed by atoms with Gasteiger partial charge in [0.1, 0.15) is 5.75 Å². The van der Waals surface area contributed by atoms with Crippen LogP contribution >= 0.6 is 0 Å². The van der Waals surface area contributed by atoms with Crippen molar-refractivity contribution in [2.75, 3.05) is 20.1 Å². The van der Waals surface area contributed by atoms with E-state index in [9.17, 15) is 28.2 Å². The Hall–Kier alpha value is -3.10. The molecule has 202 valence electrons. The number of carbonyl (C=O) groups is 1. The zero-order chi connectivity index (χ0) is 27.3. The van der Waals surface area contributed by atoms with Crippen LogP contribution in [-0.4, -0.2) is 63.7 Å². The molecule has 0 aromatic heterocycles. The van der Waals surface area contributed by atoms with E-state index in [1.165, 1.54) is 24.3 Å². The lowest BCUT2D eigenvalue weighted by molar-refractivity contribution is -0.175. The first kappa shape index (κ1) is 26.5. The van der Waals surface area contributed by atoms with Crippen LogP contribution in [0, 0.1) is 0 Å². The van der Waals surface area contributed by atoms with Crippen LogP contribution in [0.1, 0.15) is 47.9 Å². The largest absolute Gasteiger partial charge is 0.508 e. The highest BCUT2D eigenvalue weighted by atomic mass is 19.4. The first-order valence-corrected chi connectivity index (χ1v) is 13.0. The van der Waals surface area contributed by atoms with E-state index in [1.807, 2.05) is 12.1 Å². The molecule has 0 radical (unpaired) electrons. The van der Waals surface area contributed by atoms with Gasteiger partial charge in [0, 0.05) is 37.2 Å². The van der Waals surface area contributed by atoms with Gasteiger partial charge in [0.25, 0.3) is 0 Å². The molecular formula is C30H33F3N2O3. The van der Waals surface area contributed by atoms with Crippen molar-refractivity contribution in [3.8, 4) is 5.75 Å². The third-order valence-corrected chi connectivity index (χ3v) is 9.00. The van der Waals surface area contributed by atoms with Gasteiger partial charge >= 0.3 is 6.18 Å². The number of alkyl halides is 3. The standard InChI is InChI=1S/C30H33F3N2O3/c1-3-14-35-15-13-28-19-23(11-12-29(28,38)26(35)17-21-8-9-24(36)18-25(21)28)34(2)27(37)10-7-20-5-4-6-22(16-20)30(31,32)33/h3-10,16,18,23,26,36,38H,1,11-15,17,19H2,2H3/b10-7+/t23?,26-,28-,29-/m1/s1. The number of halogens is 3. The van der Waals surface area contributed by atoms with Crippen LogP contribution in [0.3, 0.4) is 0 Å². The number of likely N-dealkylation sites (tertiary alicyclic amines) is 1. The van der Waals surface area contributed by atoms with E-state index in [-0.39, 0.29) is 23.7 Å². The summed E-state index contributed by atoms with van der Waals surface area (Å²) < 4.78 is 39.2. The number of phenolic OH excluding ortho intramolecular Hbond substituents is 1. The molecule has 1 amide bonds. The highest BCUT2D eigenvalue weighted by Crippen LogP contribution is 2.59. The number of aromatic hydroxyl groups is 1. The highest BCUT2D eigenvalue weighted by molar-refractivity contribution is 5.91. The summed E-state index contributed by atoms with van der Waals surface area (Å²) in [6.07, 6.45) is 3.13. The summed E-state index contributed by atoms with van der Waals surface area (Å²) in [4.78, 5) is 17.1. The quantitative estimate of drug-likeness (QED) is 0.429. The number of rotatable bonds is 5. The van der Waals surface area contributed by atoms with Crippen LogP contribution in [0.4, 0.5) is 13.2 Å². The molecule has 2 aliphatic carbocycles.